The summed E-state index contributed by atoms with van der Waals surface area (Å²) in [5, 5.41) is 13.8. The van der Waals surface area contributed by atoms with Crippen LogP contribution in [-0.4, -0.2) is 22.0 Å². The number of amides is 1. The van der Waals surface area contributed by atoms with Crippen LogP contribution in [0.1, 0.15) is 134 Å². The number of carboxylic acid groups (broad SMARTS) is 1. The first kappa shape index (κ1) is 44.6. The molecule has 3 aromatic rings. The molecule has 4 unspecified atom stereocenters. The lowest BCUT2D eigenvalue weighted by atomic mass is 9.36. The highest BCUT2D eigenvalue weighted by Gasteiger charge is 2.66. The Kier molecular flexibility index (Phi) is 14.7. The van der Waals surface area contributed by atoms with Crippen molar-refractivity contribution >= 4 is 39.0 Å². The minimum absolute atomic E-state index is 0.0183. The van der Waals surface area contributed by atoms with Crippen LogP contribution in [0.3, 0.4) is 0 Å². The highest BCUT2D eigenvalue weighted by atomic mass is 32.1. The number of allylic oxidation sites excluding steroid dienone is 3. The molecule has 300 valence electrons. The van der Waals surface area contributed by atoms with Crippen molar-refractivity contribution < 1.29 is 14.7 Å². The van der Waals surface area contributed by atoms with Gasteiger partial charge in [0.2, 0.25) is 5.91 Å². The summed E-state index contributed by atoms with van der Waals surface area (Å²) in [7, 11) is 0. The van der Waals surface area contributed by atoms with Crippen LogP contribution >= 0.6 is 11.3 Å². The van der Waals surface area contributed by atoms with E-state index in [2.05, 4.69) is 89.6 Å². The van der Waals surface area contributed by atoms with Crippen molar-refractivity contribution in [1.29, 1.82) is 0 Å². The fourth-order valence-corrected chi connectivity index (χ4v) is 13.7. The van der Waals surface area contributed by atoms with E-state index in [0.717, 1.165) is 29.8 Å². The number of thiazole rings is 1. The predicted molar refractivity (Wildman–Crippen MR) is 236 cm³/mol. The number of hydrogen-bond acceptors (Lipinski definition) is 4. The van der Waals surface area contributed by atoms with E-state index in [1.165, 1.54) is 60.8 Å². The molecule has 1 amide bonds. The Labute approximate surface area is 342 Å². The second-order valence-corrected chi connectivity index (χ2v) is 18.4. The monoisotopic (exact) mass is 774 g/mol. The molecule has 0 aliphatic heterocycles. The lowest BCUT2D eigenvalue weighted by Crippen LogP contribution is -2.62. The lowest BCUT2D eigenvalue weighted by molar-refractivity contribution is -0.181. The number of aromatic nitrogens is 1. The van der Waals surface area contributed by atoms with Crippen LogP contribution in [0.25, 0.3) is 15.8 Å². The molecule has 5 aliphatic carbocycles. The van der Waals surface area contributed by atoms with Gasteiger partial charge >= 0.3 is 5.97 Å². The Morgan fingerprint density at radius 2 is 1.54 bits per heavy atom. The van der Waals surface area contributed by atoms with Crippen molar-refractivity contribution in [2.45, 2.75) is 119 Å². The number of rotatable bonds is 5. The van der Waals surface area contributed by atoms with Gasteiger partial charge in [0.1, 0.15) is 5.01 Å². The van der Waals surface area contributed by atoms with E-state index in [1.54, 1.807) is 29.5 Å². The van der Waals surface area contributed by atoms with Crippen molar-refractivity contribution in [3.05, 3.63) is 83.4 Å². The number of hydrogen-bond donors (Lipinski definition) is 2. The van der Waals surface area contributed by atoms with Gasteiger partial charge in [0.25, 0.3) is 0 Å². The number of nitrogens with one attached hydrogen (secondary N) is 1. The molecule has 4 fully saturated rings. The maximum absolute atomic E-state index is 14.2. The van der Waals surface area contributed by atoms with Crippen LogP contribution in [0.15, 0.2) is 67.3 Å². The molecule has 1 heterocycles. The summed E-state index contributed by atoms with van der Waals surface area (Å²) in [4.78, 5) is 30.5. The Hall–Kier alpha value is -4.13. The molecule has 0 bridgehead atoms. The van der Waals surface area contributed by atoms with E-state index in [4.69, 9.17) is 4.98 Å². The highest BCUT2D eigenvalue weighted by molar-refractivity contribution is 7.18. The molecule has 6 heteroatoms. The first-order chi connectivity index (χ1) is 26.9. The number of benzene rings is 2. The largest absolute Gasteiger partial charge is 0.478 e. The maximum atomic E-state index is 14.2. The zero-order chi connectivity index (χ0) is 41.5. The SMILES string of the molecule is C#C.C#C.C=CC.CC.CC1(C)C(c2ccc(C(=O)O)cc2)=CC[C@@]2(C)C1CC[C@@]1(C)C3CC[C@@]4(C(=O)NCc5nc6ccccc6s5)CCCC4[C@H]3CCC12. The summed E-state index contributed by atoms with van der Waals surface area (Å²) in [5.74, 6) is 2.55. The Morgan fingerprint density at radius 1 is 0.875 bits per heavy atom. The summed E-state index contributed by atoms with van der Waals surface area (Å²) < 4.78 is 1.19. The number of carbonyl (C=O) groups excluding carboxylic acids is 1. The second-order valence-electron chi connectivity index (χ2n) is 17.3. The smallest absolute Gasteiger partial charge is 0.335 e. The fraction of sp³-hybridized carbons (Fsp3) is 0.540. The first-order valence-electron chi connectivity index (χ1n) is 20.8. The van der Waals surface area contributed by atoms with Gasteiger partial charge in [-0.3, -0.25) is 4.79 Å². The molecular weight excluding hydrogens is 709 g/mol. The molecule has 4 saturated carbocycles. The zero-order valence-corrected chi connectivity index (χ0v) is 35.9. The van der Waals surface area contributed by atoms with Crippen molar-refractivity contribution in [3.8, 4) is 25.7 Å². The van der Waals surface area contributed by atoms with Gasteiger partial charge in [-0.1, -0.05) is 84.4 Å². The molecule has 8 rings (SSSR count). The molecule has 5 aliphatic rings. The molecule has 0 spiro atoms. The third-order valence-electron chi connectivity index (χ3n) is 14.7. The van der Waals surface area contributed by atoms with Gasteiger partial charge in [0.05, 0.1) is 27.7 Å². The summed E-state index contributed by atoms with van der Waals surface area (Å²) in [6, 6.07) is 15.8. The van der Waals surface area contributed by atoms with Crippen LogP contribution in [0.2, 0.25) is 0 Å². The molecule has 5 nitrogen and oxygen atoms in total. The van der Waals surface area contributed by atoms with Crippen LogP contribution in [0.5, 0.6) is 0 Å². The van der Waals surface area contributed by atoms with E-state index in [0.29, 0.717) is 53.0 Å². The van der Waals surface area contributed by atoms with Crippen molar-refractivity contribution in [1.82, 2.24) is 10.3 Å². The lowest BCUT2D eigenvalue weighted by Gasteiger charge is -2.68. The summed E-state index contributed by atoms with van der Waals surface area (Å²) >= 11 is 1.70. The van der Waals surface area contributed by atoms with E-state index >= 15 is 0 Å². The first-order valence-corrected chi connectivity index (χ1v) is 21.6. The van der Waals surface area contributed by atoms with Gasteiger partial charge in [-0.2, -0.15) is 0 Å². The van der Waals surface area contributed by atoms with E-state index in [-0.39, 0.29) is 16.2 Å². The van der Waals surface area contributed by atoms with E-state index in [9.17, 15) is 14.7 Å². The van der Waals surface area contributed by atoms with Gasteiger partial charge in [-0.25, -0.2) is 9.78 Å². The molecule has 0 saturated heterocycles. The molecule has 1 aromatic heterocycles. The Balaban J connectivity index is 0.000000719. The topological polar surface area (TPSA) is 79.3 Å². The number of carboxylic acids is 1. The van der Waals surface area contributed by atoms with Crippen molar-refractivity contribution in [2.75, 3.05) is 0 Å². The number of nitrogens with zero attached hydrogens (tertiary/aromatic N) is 1. The normalized spacial score (nSPS) is 31.6. The molecule has 0 radical (unpaired) electrons. The minimum Gasteiger partial charge on any atom is -0.478 e. The Morgan fingerprint density at radius 3 is 2.18 bits per heavy atom. The Bertz CT molecular complexity index is 1860. The van der Waals surface area contributed by atoms with Gasteiger partial charge in [-0.15, -0.1) is 43.6 Å². The molecule has 56 heavy (non-hydrogen) atoms. The zero-order valence-electron chi connectivity index (χ0n) is 35.1. The number of aromatic carboxylic acids is 1. The second kappa shape index (κ2) is 18.4. The third kappa shape index (κ3) is 7.76. The predicted octanol–water partition coefficient (Wildman–Crippen LogP) is 12.5. The van der Waals surface area contributed by atoms with Crippen LogP contribution in [-0.2, 0) is 11.3 Å². The quantitative estimate of drug-likeness (QED) is 0.200. The number of para-hydroxylation sites is 1. The van der Waals surface area contributed by atoms with Gasteiger partial charge in [0.15, 0.2) is 0 Å². The molecule has 2 aromatic carbocycles. The summed E-state index contributed by atoms with van der Waals surface area (Å²) in [6.07, 6.45) is 32.1. The number of terminal acetylenes is 2. The molecule has 2 N–H and O–H groups in total. The average molecular weight is 775 g/mol. The van der Waals surface area contributed by atoms with Crippen LogP contribution in [0.4, 0.5) is 0 Å². The molecular formula is C50H66N2O3S. The van der Waals surface area contributed by atoms with E-state index < -0.39 is 5.97 Å². The average Bonchev–Trinajstić information content (AvgIpc) is 3.85. The highest BCUT2D eigenvalue weighted by Crippen LogP contribution is 2.73. The molecule has 8 atom stereocenters. The minimum atomic E-state index is -0.870. The van der Waals surface area contributed by atoms with E-state index in [1.807, 2.05) is 39.0 Å². The maximum Gasteiger partial charge on any atom is 0.335 e. The van der Waals surface area contributed by atoms with Crippen molar-refractivity contribution in [2.24, 2.45) is 51.2 Å². The van der Waals surface area contributed by atoms with Gasteiger partial charge < -0.3 is 10.4 Å². The summed E-state index contributed by atoms with van der Waals surface area (Å²) in [5.41, 5.74) is 4.30. The third-order valence-corrected chi connectivity index (χ3v) is 15.8. The van der Waals surface area contributed by atoms with Gasteiger partial charge in [0, 0.05) is 0 Å². The van der Waals surface area contributed by atoms with Gasteiger partial charge in [-0.05, 0) is 146 Å². The standard InChI is InChI=1S/C41H50N2O3S.C3H6.C2H6.2C2H2/c1-38(2)28(25-11-13-26(14-12-25)36(44)45)17-21-40(4)33(38)19-22-39(3)29-18-23-41(20-7-8-30(41)27(29)15-16-34(39)40)37(46)42-24-35-43-31-9-5-6-10-32(31)47-35;1-3-2;3*1-2/h5-6,9-14,17,27,29-30,33-34H,7-8,15-16,18-24H2,1-4H3,(H,42,46)(H,44,45);3H,1H2,2H3;1-2H3;2*1-2H/t27-,29?,30?,33?,34?,39-,40-,41-;;;;/m0..../s1. The number of fused-ring (bicyclic) bond motifs is 8. The van der Waals surface area contributed by atoms with Crippen molar-refractivity contribution in [3.63, 3.8) is 0 Å². The summed E-state index contributed by atoms with van der Waals surface area (Å²) in [6.45, 7) is 19.9. The fourth-order valence-electron chi connectivity index (χ4n) is 12.8. The van der Waals surface area contributed by atoms with Crippen LogP contribution < -0.4 is 5.32 Å². The van der Waals surface area contributed by atoms with Crippen LogP contribution in [0, 0.1) is 76.9 Å². The number of carbonyl (C=O) groups is 2.